The molecule has 0 radical (unpaired) electrons. The molecular weight excluding hydrogens is 206 g/mol. The van der Waals surface area contributed by atoms with Crippen LogP contribution >= 0.6 is 11.3 Å². The lowest BCUT2D eigenvalue weighted by atomic mass is 9.90. The zero-order valence-corrected chi connectivity index (χ0v) is 9.95. The number of aryl methyl sites for hydroxylation is 1. The van der Waals surface area contributed by atoms with Crippen LogP contribution in [-0.2, 0) is 23.2 Å². The molecule has 2 aliphatic heterocycles. The molecular formula is C12H17NOS. The predicted molar refractivity (Wildman–Crippen MR) is 62.5 cm³/mol. The summed E-state index contributed by atoms with van der Waals surface area (Å²) >= 11 is 1.99. The molecule has 0 amide bonds. The Bertz CT molecular complexity index is 366. The second-order valence-electron chi connectivity index (χ2n) is 4.42. The minimum Gasteiger partial charge on any atom is -0.368 e. The first-order valence-electron chi connectivity index (χ1n) is 5.81. The van der Waals surface area contributed by atoms with Gasteiger partial charge in [0.15, 0.2) is 0 Å². The van der Waals surface area contributed by atoms with Gasteiger partial charge in [-0.25, -0.2) is 0 Å². The van der Waals surface area contributed by atoms with Crippen molar-refractivity contribution in [2.75, 3.05) is 19.7 Å². The highest BCUT2D eigenvalue weighted by atomic mass is 32.1. The Kier molecular flexibility index (Phi) is 2.34. The van der Waals surface area contributed by atoms with E-state index >= 15 is 0 Å². The number of nitrogens with one attached hydrogen (secondary N) is 1. The molecule has 1 spiro atoms. The molecule has 1 atom stereocenters. The third kappa shape index (κ3) is 1.45. The molecule has 1 N–H and O–H groups in total. The molecule has 3 heteroatoms. The van der Waals surface area contributed by atoms with Gasteiger partial charge in [0, 0.05) is 22.7 Å². The Balaban J connectivity index is 2.05. The molecule has 0 bridgehead atoms. The Morgan fingerprint density at radius 1 is 1.60 bits per heavy atom. The fourth-order valence-electron chi connectivity index (χ4n) is 2.67. The zero-order chi connectivity index (χ0) is 10.3. The Labute approximate surface area is 94.6 Å². The van der Waals surface area contributed by atoms with Crippen molar-refractivity contribution < 1.29 is 4.74 Å². The highest BCUT2D eigenvalue weighted by Gasteiger charge is 2.41. The van der Waals surface area contributed by atoms with Crippen LogP contribution in [0.15, 0.2) is 6.07 Å². The van der Waals surface area contributed by atoms with Crippen LogP contribution in [0.3, 0.4) is 0 Å². The number of ether oxygens (including phenoxy) is 1. The summed E-state index contributed by atoms with van der Waals surface area (Å²) in [5.41, 5.74) is 1.51. The topological polar surface area (TPSA) is 21.3 Å². The van der Waals surface area contributed by atoms with E-state index in [2.05, 4.69) is 18.3 Å². The molecule has 1 aromatic heterocycles. The number of thiophene rings is 1. The van der Waals surface area contributed by atoms with Crippen molar-refractivity contribution in [1.82, 2.24) is 5.32 Å². The predicted octanol–water partition coefficient (Wildman–Crippen LogP) is 2.07. The summed E-state index contributed by atoms with van der Waals surface area (Å²) in [4.78, 5) is 3.08. The molecule has 1 aromatic rings. The van der Waals surface area contributed by atoms with Gasteiger partial charge in [-0.15, -0.1) is 11.3 Å². The van der Waals surface area contributed by atoms with Gasteiger partial charge < -0.3 is 10.1 Å². The zero-order valence-electron chi connectivity index (χ0n) is 9.14. The highest BCUT2D eigenvalue weighted by molar-refractivity contribution is 7.12. The van der Waals surface area contributed by atoms with Crippen molar-refractivity contribution in [2.45, 2.75) is 31.8 Å². The number of hydrogen-bond acceptors (Lipinski definition) is 3. The minimum atomic E-state index is 0.0253. The SMILES string of the molecule is CCc1cc2c(s1)CCO[C@]21CCNC1. The van der Waals surface area contributed by atoms with Crippen LogP contribution in [0, 0.1) is 0 Å². The van der Waals surface area contributed by atoms with Crippen molar-refractivity contribution in [3.8, 4) is 0 Å². The number of rotatable bonds is 1. The van der Waals surface area contributed by atoms with Gasteiger partial charge in [0.1, 0.15) is 5.60 Å². The summed E-state index contributed by atoms with van der Waals surface area (Å²) in [6.07, 6.45) is 3.41. The fourth-order valence-corrected chi connectivity index (χ4v) is 3.85. The summed E-state index contributed by atoms with van der Waals surface area (Å²) in [6.45, 7) is 5.23. The summed E-state index contributed by atoms with van der Waals surface area (Å²) in [7, 11) is 0. The second-order valence-corrected chi connectivity index (χ2v) is 5.64. The third-order valence-corrected chi connectivity index (χ3v) is 4.86. The molecule has 1 saturated heterocycles. The molecule has 0 aliphatic carbocycles. The monoisotopic (exact) mass is 223 g/mol. The van der Waals surface area contributed by atoms with Gasteiger partial charge in [0.25, 0.3) is 0 Å². The van der Waals surface area contributed by atoms with E-state index < -0.39 is 0 Å². The van der Waals surface area contributed by atoms with Crippen LogP contribution in [0.4, 0.5) is 0 Å². The van der Waals surface area contributed by atoms with Crippen molar-refractivity contribution in [1.29, 1.82) is 0 Å². The Morgan fingerprint density at radius 2 is 2.53 bits per heavy atom. The van der Waals surface area contributed by atoms with Gasteiger partial charge >= 0.3 is 0 Å². The maximum absolute atomic E-state index is 6.05. The van der Waals surface area contributed by atoms with Gasteiger partial charge in [0.05, 0.1) is 6.61 Å². The molecule has 2 aliphatic rings. The summed E-state index contributed by atoms with van der Waals surface area (Å²) in [5.74, 6) is 0. The lowest BCUT2D eigenvalue weighted by molar-refractivity contribution is -0.0438. The third-order valence-electron chi connectivity index (χ3n) is 3.52. The molecule has 0 aromatic carbocycles. The quantitative estimate of drug-likeness (QED) is 0.787. The summed E-state index contributed by atoms with van der Waals surface area (Å²) < 4.78 is 6.05. The van der Waals surface area contributed by atoms with Gasteiger partial charge in [-0.3, -0.25) is 0 Å². The van der Waals surface area contributed by atoms with Gasteiger partial charge in [-0.1, -0.05) is 6.92 Å². The number of hydrogen-bond donors (Lipinski definition) is 1. The maximum atomic E-state index is 6.05. The molecule has 1 fully saturated rings. The van der Waals surface area contributed by atoms with Crippen LogP contribution in [-0.4, -0.2) is 19.7 Å². The van der Waals surface area contributed by atoms with Crippen LogP contribution in [0.2, 0.25) is 0 Å². The van der Waals surface area contributed by atoms with Crippen LogP contribution < -0.4 is 5.32 Å². The summed E-state index contributed by atoms with van der Waals surface area (Å²) in [6, 6.07) is 2.38. The van der Waals surface area contributed by atoms with Crippen molar-refractivity contribution in [3.63, 3.8) is 0 Å². The molecule has 0 saturated carbocycles. The van der Waals surface area contributed by atoms with E-state index in [9.17, 15) is 0 Å². The molecule has 0 unspecified atom stereocenters. The number of fused-ring (bicyclic) bond motifs is 2. The van der Waals surface area contributed by atoms with Crippen LogP contribution in [0.1, 0.15) is 28.7 Å². The Morgan fingerprint density at radius 3 is 3.27 bits per heavy atom. The molecule has 82 valence electrons. The van der Waals surface area contributed by atoms with E-state index in [1.807, 2.05) is 11.3 Å². The van der Waals surface area contributed by atoms with E-state index in [4.69, 9.17) is 4.74 Å². The first-order chi connectivity index (χ1) is 7.34. The van der Waals surface area contributed by atoms with E-state index in [0.717, 1.165) is 39.0 Å². The van der Waals surface area contributed by atoms with E-state index in [1.165, 1.54) is 10.4 Å². The second kappa shape index (κ2) is 3.58. The lowest BCUT2D eigenvalue weighted by Crippen LogP contribution is -2.36. The van der Waals surface area contributed by atoms with E-state index in [1.54, 1.807) is 4.88 Å². The van der Waals surface area contributed by atoms with E-state index in [-0.39, 0.29) is 5.60 Å². The summed E-state index contributed by atoms with van der Waals surface area (Å²) in [5, 5.41) is 3.43. The maximum Gasteiger partial charge on any atom is 0.108 e. The smallest absolute Gasteiger partial charge is 0.108 e. The minimum absolute atomic E-state index is 0.0253. The van der Waals surface area contributed by atoms with Gasteiger partial charge in [-0.05, 0) is 31.0 Å². The van der Waals surface area contributed by atoms with Gasteiger partial charge in [0.2, 0.25) is 0 Å². The van der Waals surface area contributed by atoms with Crippen LogP contribution in [0.25, 0.3) is 0 Å². The first kappa shape index (κ1) is 9.82. The Hall–Kier alpha value is -0.380. The standard InChI is InChI=1S/C12H17NOS/c1-2-9-7-10-11(15-9)3-6-14-12(10)4-5-13-8-12/h7,13H,2-6,8H2,1H3/t12-/m0/s1. The van der Waals surface area contributed by atoms with Crippen LogP contribution in [0.5, 0.6) is 0 Å². The average molecular weight is 223 g/mol. The lowest BCUT2D eigenvalue weighted by Gasteiger charge is -2.33. The average Bonchev–Trinajstić information content (AvgIpc) is 2.86. The first-order valence-corrected chi connectivity index (χ1v) is 6.62. The van der Waals surface area contributed by atoms with Crippen molar-refractivity contribution >= 4 is 11.3 Å². The molecule has 2 nitrogen and oxygen atoms in total. The van der Waals surface area contributed by atoms with Crippen molar-refractivity contribution in [3.05, 3.63) is 21.4 Å². The normalized spacial score (nSPS) is 29.7. The van der Waals surface area contributed by atoms with Crippen molar-refractivity contribution in [2.24, 2.45) is 0 Å². The fraction of sp³-hybridized carbons (Fsp3) is 0.667. The molecule has 3 rings (SSSR count). The van der Waals surface area contributed by atoms with Gasteiger partial charge in [-0.2, -0.15) is 0 Å². The molecule has 3 heterocycles. The largest absolute Gasteiger partial charge is 0.368 e. The molecule has 15 heavy (non-hydrogen) atoms. The highest BCUT2D eigenvalue weighted by Crippen LogP contribution is 2.41. The van der Waals surface area contributed by atoms with E-state index in [0.29, 0.717) is 0 Å².